The van der Waals surface area contributed by atoms with Crippen LogP contribution in [0.1, 0.15) is 19.6 Å². The number of rotatable bonds is 4. The molecule has 0 radical (unpaired) electrons. The number of oxazole rings is 1. The Kier molecular flexibility index (Phi) is 4.59. The zero-order valence-electron chi connectivity index (χ0n) is 11.5. The van der Waals surface area contributed by atoms with E-state index in [0.717, 1.165) is 0 Å². The summed E-state index contributed by atoms with van der Waals surface area (Å²) in [5.41, 5.74) is 0. The van der Waals surface area contributed by atoms with Crippen LogP contribution >= 0.6 is 24.4 Å². The Balaban J connectivity index is 2.20. The first-order chi connectivity index (χ1) is 9.99. The van der Waals surface area contributed by atoms with Crippen LogP contribution in [0.15, 0.2) is 22.3 Å². The van der Waals surface area contributed by atoms with Crippen LogP contribution in [0, 0.1) is 4.84 Å². The SMILES string of the molecule is CCN1C(=O)/C(=C/C=C/c2oc(=S)n(CC)c2O)OC1=S. The zero-order valence-corrected chi connectivity index (χ0v) is 13.2. The highest BCUT2D eigenvalue weighted by atomic mass is 32.1. The van der Waals surface area contributed by atoms with Crippen molar-refractivity contribution in [3.63, 3.8) is 0 Å². The summed E-state index contributed by atoms with van der Waals surface area (Å²) in [5.74, 6) is 0.00935. The lowest BCUT2D eigenvalue weighted by Crippen LogP contribution is -2.27. The summed E-state index contributed by atoms with van der Waals surface area (Å²) in [6.45, 7) is 4.60. The van der Waals surface area contributed by atoms with Gasteiger partial charge in [0.2, 0.25) is 5.88 Å². The quantitative estimate of drug-likeness (QED) is 0.677. The van der Waals surface area contributed by atoms with E-state index in [-0.39, 0.29) is 33.3 Å². The normalized spacial score (nSPS) is 17.2. The number of aromatic nitrogens is 1. The van der Waals surface area contributed by atoms with Crippen molar-refractivity contribution >= 4 is 41.6 Å². The monoisotopic (exact) mass is 326 g/mol. The summed E-state index contributed by atoms with van der Waals surface area (Å²) >= 11 is 9.90. The lowest BCUT2D eigenvalue weighted by atomic mass is 10.3. The number of thiocarbonyl (C=S) groups is 1. The Hall–Kier alpha value is -1.93. The molecule has 1 fully saturated rings. The number of aromatic hydroxyl groups is 1. The third-order valence-electron chi connectivity index (χ3n) is 2.89. The maximum atomic E-state index is 11.9. The molecule has 112 valence electrons. The van der Waals surface area contributed by atoms with Crippen molar-refractivity contribution < 1.29 is 19.1 Å². The average Bonchev–Trinajstić information content (AvgIpc) is 2.87. The minimum atomic E-state index is -0.289. The summed E-state index contributed by atoms with van der Waals surface area (Å²) in [6, 6.07) is 0. The molecule has 21 heavy (non-hydrogen) atoms. The van der Waals surface area contributed by atoms with Crippen LogP contribution in [0.4, 0.5) is 0 Å². The first kappa shape index (κ1) is 15.5. The van der Waals surface area contributed by atoms with Gasteiger partial charge >= 0.3 is 0 Å². The molecule has 0 spiro atoms. The second kappa shape index (κ2) is 6.23. The molecule has 1 amide bonds. The lowest BCUT2D eigenvalue weighted by molar-refractivity contribution is -0.122. The van der Waals surface area contributed by atoms with E-state index in [1.54, 1.807) is 0 Å². The topological polar surface area (TPSA) is 67.8 Å². The number of ether oxygens (including phenoxy) is 1. The third-order valence-corrected chi connectivity index (χ3v) is 3.50. The van der Waals surface area contributed by atoms with Gasteiger partial charge in [-0.05, 0) is 50.4 Å². The van der Waals surface area contributed by atoms with Crippen molar-refractivity contribution in [2.75, 3.05) is 6.54 Å². The van der Waals surface area contributed by atoms with Gasteiger partial charge in [-0.25, -0.2) is 0 Å². The van der Waals surface area contributed by atoms with E-state index < -0.39 is 0 Å². The number of hydrogen-bond acceptors (Lipinski definition) is 6. The summed E-state index contributed by atoms with van der Waals surface area (Å²) in [6.07, 6.45) is 4.49. The van der Waals surface area contributed by atoms with Gasteiger partial charge < -0.3 is 14.3 Å². The van der Waals surface area contributed by atoms with Crippen LogP contribution in [0.3, 0.4) is 0 Å². The van der Waals surface area contributed by atoms with Crippen molar-refractivity contribution in [1.82, 2.24) is 9.47 Å². The predicted octanol–water partition coefficient (Wildman–Crippen LogP) is 2.60. The fourth-order valence-corrected chi connectivity index (χ4v) is 2.42. The molecule has 1 aromatic rings. The van der Waals surface area contributed by atoms with Gasteiger partial charge in [-0.15, -0.1) is 0 Å². The van der Waals surface area contributed by atoms with Gasteiger partial charge in [0, 0.05) is 13.1 Å². The van der Waals surface area contributed by atoms with Gasteiger partial charge in [-0.1, -0.05) is 6.08 Å². The standard InChI is InChI=1S/C13H14N2O4S2/c1-3-14-10(16)8(18-12(14)20)6-5-7-9-11(17)15(4-2)13(21)19-9/h5-7,16H,3-4H2,1-2H3/b6-5+,9-7-. The Bertz CT molecular complexity index is 700. The summed E-state index contributed by atoms with van der Waals surface area (Å²) in [7, 11) is 0. The lowest BCUT2D eigenvalue weighted by Gasteiger charge is -2.06. The number of likely N-dealkylation sites (N-methyl/N-ethyl adjacent to an activating group) is 1. The fraction of sp³-hybridized carbons (Fsp3) is 0.308. The number of allylic oxidation sites excluding steroid dienone is 2. The Labute approximate surface area is 131 Å². The van der Waals surface area contributed by atoms with Crippen LogP contribution in [0.25, 0.3) is 6.08 Å². The van der Waals surface area contributed by atoms with E-state index in [0.29, 0.717) is 13.1 Å². The fourth-order valence-electron chi connectivity index (χ4n) is 1.81. The van der Waals surface area contributed by atoms with Crippen molar-refractivity contribution in [3.8, 4) is 5.88 Å². The number of nitrogens with zero attached hydrogens (tertiary/aromatic N) is 2. The van der Waals surface area contributed by atoms with E-state index in [1.807, 2.05) is 13.8 Å². The summed E-state index contributed by atoms with van der Waals surface area (Å²) in [5, 5.41) is 10.0. The van der Waals surface area contributed by atoms with Gasteiger partial charge in [0.1, 0.15) is 0 Å². The molecule has 0 atom stereocenters. The highest BCUT2D eigenvalue weighted by molar-refractivity contribution is 7.80. The van der Waals surface area contributed by atoms with E-state index in [1.165, 1.54) is 27.7 Å². The number of amides is 1. The van der Waals surface area contributed by atoms with Crippen molar-refractivity contribution in [2.45, 2.75) is 20.4 Å². The first-order valence-electron chi connectivity index (χ1n) is 6.34. The van der Waals surface area contributed by atoms with E-state index in [4.69, 9.17) is 33.6 Å². The molecule has 0 aromatic carbocycles. The third kappa shape index (κ3) is 2.91. The molecule has 0 saturated carbocycles. The second-order valence-electron chi connectivity index (χ2n) is 4.11. The van der Waals surface area contributed by atoms with Gasteiger partial charge in [0.05, 0.1) is 0 Å². The highest BCUT2D eigenvalue weighted by Crippen LogP contribution is 2.22. The molecule has 1 aliphatic rings. The number of carbonyl (C=O) groups is 1. The number of hydrogen-bond donors (Lipinski definition) is 1. The van der Waals surface area contributed by atoms with E-state index in [2.05, 4.69) is 0 Å². The Morgan fingerprint density at radius 1 is 1.29 bits per heavy atom. The molecular formula is C13H14N2O4S2. The molecule has 1 aromatic heterocycles. The molecule has 8 heteroatoms. The first-order valence-corrected chi connectivity index (χ1v) is 7.15. The average molecular weight is 326 g/mol. The van der Waals surface area contributed by atoms with Gasteiger partial charge in [-0.3, -0.25) is 14.3 Å². The molecule has 0 aliphatic carbocycles. The molecule has 1 N–H and O–H groups in total. The van der Waals surface area contributed by atoms with E-state index in [9.17, 15) is 9.90 Å². The zero-order chi connectivity index (χ0) is 15.6. The van der Waals surface area contributed by atoms with E-state index >= 15 is 0 Å². The minimum absolute atomic E-state index is 0.0541. The Morgan fingerprint density at radius 3 is 2.52 bits per heavy atom. The van der Waals surface area contributed by atoms with Crippen molar-refractivity contribution in [1.29, 1.82) is 0 Å². The van der Waals surface area contributed by atoms with Crippen LogP contribution in [0.2, 0.25) is 0 Å². The molecule has 1 aliphatic heterocycles. The van der Waals surface area contributed by atoms with Crippen molar-refractivity contribution in [3.05, 3.63) is 28.5 Å². The summed E-state index contributed by atoms with van der Waals surface area (Å²) in [4.78, 5) is 13.4. The van der Waals surface area contributed by atoms with Crippen molar-refractivity contribution in [2.24, 2.45) is 0 Å². The molecule has 0 bridgehead atoms. The van der Waals surface area contributed by atoms with Crippen LogP contribution in [0.5, 0.6) is 5.88 Å². The van der Waals surface area contributed by atoms with Gasteiger partial charge in [0.25, 0.3) is 15.9 Å². The summed E-state index contributed by atoms with van der Waals surface area (Å²) < 4.78 is 11.9. The molecule has 6 nitrogen and oxygen atoms in total. The molecule has 2 rings (SSSR count). The minimum Gasteiger partial charge on any atom is -0.492 e. The highest BCUT2D eigenvalue weighted by Gasteiger charge is 2.31. The molecular weight excluding hydrogens is 312 g/mol. The van der Waals surface area contributed by atoms with Gasteiger partial charge in [-0.2, -0.15) is 0 Å². The largest absolute Gasteiger partial charge is 0.492 e. The Morgan fingerprint density at radius 2 is 2.00 bits per heavy atom. The van der Waals surface area contributed by atoms with Gasteiger partial charge in [0.15, 0.2) is 11.5 Å². The van der Waals surface area contributed by atoms with Crippen LogP contribution in [-0.4, -0.2) is 32.2 Å². The molecule has 1 saturated heterocycles. The second-order valence-corrected chi connectivity index (χ2v) is 4.81. The maximum absolute atomic E-state index is 11.9. The maximum Gasteiger partial charge on any atom is 0.297 e. The smallest absolute Gasteiger partial charge is 0.297 e. The van der Waals surface area contributed by atoms with Crippen LogP contribution < -0.4 is 0 Å². The predicted molar refractivity (Wildman–Crippen MR) is 83.1 cm³/mol. The molecule has 0 unspecified atom stereocenters. The number of carbonyl (C=O) groups excluding carboxylic acids is 1. The molecule has 2 heterocycles. The van der Waals surface area contributed by atoms with Crippen LogP contribution in [-0.2, 0) is 16.1 Å².